The van der Waals surface area contributed by atoms with E-state index in [0.717, 1.165) is 11.1 Å². The zero-order valence-corrected chi connectivity index (χ0v) is 13.4. The van der Waals surface area contributed by atoms with E-state index in [-0.39, 0.29) is 24.0 Å². The lowest BCUT2D eigenvalue weighted by Crippen LogP contribution is -2.32. The molecule has 0 saturated heterocycles. The van der Waals surface area contributed by atoms with Crippen LogP contribution in [0.2, 0.25) is 0 Å². The van der Waals surface area contributed by atoms with Crippen molar-refractivity contribution < 1.29 is 17.6 Å². The summed E-state index contributed by atoms with van der Waals surface area (Å²) in [6, 6.07) is 12.8. The molecule has 1 amide bonds. The van der Waals surface area contributed by atoms with E-state index in [1.54, 1.807) is 36.4 Å². The van der Waals surface area contributed by atoms with Gasteiger partial charge in [-0.25, -0.2) is 17.5 Å². The molecule has 122 valence electrons. The second-order valence-electron chi connectivity index (χ2n) is 4.87. The summed E-state index contributed by atoms with van der Waals surface area (Å²) in [5.74, 6) is -0.867. The third-order valence-electron chi connectivity index (χ3n) is 3.27. The smallest absolute Gasteiger partial charge is 0.251 e. The third-order valence-corrected chi connectivity index (χ3v) is 4.64. The molecule has 0 unspecified atom stereocenters. The lowest BCUT2D eigenvalue weighted by atomic mass is 10.0. The molecule has 0 bridgehead atoms. The molecule has 2 aromatic rings. The number of benzene rings is 2. The lowest BCUT2D eigenvalue weighted by molar-refractivity contribution is 0.0956. The molecule has 0 spiro atoms. The fourth-order valence-corrected chi connectivity index (χ4v) is 2.56. The van der Waals surface area contributed by atoms with E-state index >= 15 is 0 Å². The second kappa shape index (κ2) is 7.34. The molecule has 0 aliphatic heterocycles. The Morgan fingerprint density at radius 2 is 1.78 bits per heavy atom. The molecule has 23 heavy (non-hydrogen) atoms. The Bertz CT molecular complexity index is 789. The Labute approximate surface area is 134 Å². The van der Waals surface area contributed by atoms with Crippen LogP contribution in [0.5, 0.6) is 0 Å². The van der Waals surface area contributed by atoms with Crippen LogP contribution in [-0.2, 0) is 10.0 Å². The monoisotopic (exact) mass is 336 g/mol. The maximum absolute atomic E-state index is 13.2. The largest absolute Gasteiger partial charge is 0.351 e. The van der Waals surface area contributed by atoms with Gasteiger partial charge >= 0.3 is 0 Å². The van der Waals surface area contributed by atoms with Crippen molar-refractivity contribution in [3.8, 4) is 11.1 Å². The summed E-state index contributed by atoms with van der Waals surface area (Å²) in [4.78, 5) is 11.9. The van der Waals surface area contributed by atoms with Gasteiger partial charge in [0.1, 0.15) is 5.82 Å². The van der Waals surface area contributed by atoms with E-state index in [0.29, 0.717) is 5.56 Å². The number of rotatable bonds is 6. The lowest BCUT2D eigenvalue weighted by Gasteiger charge is -2.07. The number of hydrogen-bond acceptors (Lipinski definition) is 3. The van der Waals surface area contributed by atoms with Gasteiger partial charge in [0.2, 0.25) is 10.0 Å². The molecule has 0 atom stereocenters. The number of sulfonamides is 1. The van der Waals surface area contributed by atoms with E-state index in [1.165, 1.54) is 19.2 Å². The highest BCUT2D eigenvalue weighted by molar-refractivity contribution is 7.89. The van der Waals surface area contributed by atoms with Crippen molar-refractivity contribution >= 4 is 15.9 Å². The topological polar surface area (TPSA) is 75.3 Å². The molecule has 0 heterocycles. The maximum atomic E-state index is 13.2. The van der Waals surface area contributed by atoms with Crippen molar-refractivity contribution in [1.29, 1.82) is 0 Å². The molecule has 0 aliphatic rings. The zero-order chi connectivity index (χ0) is 16.9. The van der Waals surface area contributed by atoms with Gasteiger partial charge < -0.3 is 5.32 Å². The third kappa shape index (κ3) is 4.87. The van der Waals surface area contributed by atoms with Crippen LogP contribution in [0.1, 0.15) is 10.4 Å². The Kier molecular flexibility index (Phi) is 5.46. The molecule has 0 fully saturated rings. The highest BCUT2D eigenvalue weighted by Gasteiger charge is 2.09. The Morgan fingerprint density at radius 3 is 2.39 bits per heavy atom. The first kappa shape index (κ1) is 17.1. The van der Waals surface area contributed by atoms with Gasteiger partial charge in [-0.3, -0.25) is 4.79 Å². The van der Waals surface area contributed by atoms with Gasteiger partial charge in [-0.05, 0) is 42.4 Å². The van der Waals surface area contributed by atoms with Crippen molar-refractivity contribution in [2.45, 2.75) is 0 Å². The van der Waals surface area contributed by atoms with Crippen LogP contribution in [0, 0.1) is 5.82 Å². The average Bonchev–Trinajstić information content (AvgIpc) is 2.55. The fraction of sp³-hybridized carbons (Fsp3) is 0.188. The minimum atomic E-state index is -3.34. The van der Waals surface area contributed by atoms with Gasteiger partial charge in [0.15, 0.2) is 0 Å². The Morgan fingerprint density at radius 1 is 1.09 bits per heavy atom. The van der Waals surface area contributed by atoms with Crippen molar-refractivity contribution in [2.24, 2.45) is 0 Å². The summed E-state index contributed by atoms with van der Waals surface area (Å²) < 4.78 is 37.9. The SMILES string of the molecule is CNS(=O)(=O)CCNC(=O)c1ccc(-c2cccc(F)c2)cc1. The van der Waals surface area contributed by atoms with Gasteiger partial charge in [0.25, 0.3) is 5.91 Å². The molecule has 0 saturated carbocycles. The van der Waals surface area contributed by atoms with Crippen LogP contribution in [0.3, 0.4) is 0 Å². The maximum Gasteiger partial charge on any atom is 0.251 e. The summed E-state index contributed by atoms with van der Waals surface area (Å²) in [7, 11) is -2.02. The van der Waals surface area contributed by atoms with Crippen LogP contribution in [0.4, 0.5) is 4.39 Å². The van der Waals surface area contributed by atoms with Crippen LogP contribution in [0.25, 0.3) is 11.1 Å². The van der Waals surface area contributed by atoms with Crippen LogP contribution >= 0.6 is 0 Å². The average molecular weight is 336 g/mol. The van der Waals surface area contributed by atoms with Crippen molar-refractivity contribution in [3.05, 3.63) is 59.9 Å². The molecule has 7 heteroatoms. The molecule has 2 N–H and O–H groups in total. The minimum absolute atomic E-state index is 0.0215. The van der Waals surface area contributed by atoms with Gasteiger partial charge in [-0.2, -0.15) is 0 Å². The number of nitrogens with one attached hydrogen (secondary N) is 2. The minimum Gasteiger partial charge on any atom is -0.351 e. The van der Waals surface area contributed by atoms with Crippen molar-refractivity contribution in [3.63, 3.8) is 0 Å². The number of carbonyl (C=O) groups excluding carboxylic acids is 1. The molecular weight excluding hydrogens is 319 g/mol. The van der Waals surface area contributed by atoms with Gasteiger partial charge in [-0.15, -0.1) is 0 Å². The summed E-state index contributed by atoms with van der Waals surface area (Å²) in [6.45, 7) is 0.0215. The first-order chi connectivity index (χ1) is 10.9. The molecule has 2 aromatic carbocycles. The predicted octanol–water partition coefficient (Wildman–Crippen LogP) is 1.77. The van der Waals surface area contributed by atoms with Crippen molar-refractivity contribution in [2.75, 3.05) is 19.3 Å². The normalized spacial score (nSPS) is 11.2. The number of hydrogen-bond donors (Lipinski definition) is 2. The van der Waals surface area contributed by atoms with E-state index in [9.17, 15) is 17.6 Å². The summed E-state index contributed by atoms with van der Waals surface area (Å²) >= 11 is 0. The summed E-state index contributed by atoms with van der Waals surface area (Å²) in [5.41, 5.74) is 1.92. The van der Waals surface area contributed by atoms with Crippen LogP contribution < -0.4 is 10.0 Å². The number of amides is 1. The molecule has 0 aliphatic carbocycles. The summed E-state index contributed by atoms with van der Waals surface area (Å²) in [6.07, 6.45) is 0. The molecule has 5 nitrogen and oxygen atoms in total. The van der Waals surface area contributed by atoms with E-state index < -0.39 is 10.0 Å². The first-order valence-corrected chi connectivity index (χ1v) is 8.62. The Balaban J connectivity index is 2.00. The van der Waals surface area contributed by atoms with E-state index in [2.05, 4.69) is 10.0 Å². The first-order valence-electron chi connectivity index (χ1n) is 6.97. The van der Waals surface area contributed by atoms with Crippen LogP contribution in [0.15, 0.2) is 48.5 Å². The van der Waals surface area contributed by atoms with Gasteiger partial charge in [-0.1, -0.05) is 24.3 Å². The van der Waals surface area contributed by atoms with E-state index in [1.807, 2.05) is 0 Å². The van der Waals surface area contributed by atoms with Gasteiger partial charge in [0.05, 0.1) is 5.75 Å². The highest BCUT2D eigenvalue weighted by atomic mass is 32.2. The number of halogens is 1. The zero-order valence-electron chi connectivity index (χ0n) is 12.5. The standard InChI is InChI=1S/C16H17FN2O3S/c1-18-23(21,22)10-9-19-16(20)13-7-5-12(6-8-13)14-3-2-4-15(17)11-14/h2-8,11,18H,9-10H2,1H3,(H,19,20). The molecular formula is C16H17FN2O3S. The van der Waals surface area contributed by atoms with Crippen molar-refractivity contribution in [1.82, 2.24) is 10.0 Å². The fourth-order valence-electron chi connectivity index (χ4n) is 1.99. The number of carbonyl (C=O) groups is 1. The molecule has 0 radical (unpaired) electrons. The predicted molar refractivity (Wildman–Crippen MR) is 87.0 cm³/mol. The molecule has 0 aromatic heterocycles. The Hall–Kier alpha value is -2.25. The molecule has 2 rings (SSSR count). The van der Waals surface area contributed by atoms with Gasteiger partial charge in [0, 0.05) is 12.1 Å². The quantitative estimate of drug-likeness (QED) is 0.844. The summed E-state index contributed by atoms with van der Waals surface area (Å²) in [5, 5.41) is 2.54. The highest BCUT2D eigenvalue weighted by Crippen LogP contribution is 2.20. The van der Waals surface area contributed by atoms with E-state index in [4.69, 9.17) is 0 Å². The second-order valence-corrected chi connectivity index (χ2v) is 6.91. The van der Waals surface area contributed by atoms with Crippen LogP contribution in [-0.4, -0.2) is 33.7 Å².